The lowest BCUT2D eigenvalue weighted by molar-refractivity contribution is -0.384. The molecule has 0 aromatic heterocycles. The molecule has 0 unspecified atom stereocenters. The zero-order valence-electron chi connectivity index (χ0n) is 10.2. The average Bonchev–Trinajstić information content (AvgIpc) is 2.46. The van der Waals surface area contributed by atoms with Crippen LogP contribution in [0.3, 0.4) is 0 Å². The molecule has 100 valence electrons. The summed E-state index contributed by atoms with van der Waals surface area (Å²) in [6.07, 6.45) is 0. The van der Waals surface area contributed by atoms with Crippen LogP contribution in [0.25, 0.3) is 0 Å². The maximum Gasteiger partial charge on any atom is 0.273 e. The van der Waals surface area contributed by atoms with Crippen LogP contribution in [-0.4, -0.2) is 4.92 Å². The Morgan fingerprint density at radius 2 is 1.95 bits per heavy atom. The van der Waals surface area contributed by atoms with Gasteiger partial charge in [-0.2, -0.15) is 5.26 Å². The summed E-state index contributed by atoms with van der Waals surface area (Å²) in [6.45, 7) is 0.215. The molecule has 2 aromatic carbocycles. The highest BCUT2D eigenvalue weighted by Gasteiger charge is 2.10. The van der Waals surface area contributed by atoms with E-state index in [0.29, 0.717) is 10.6 Å². The van der Waals surface area contributed by atoms with E-state index in [0.717, 1.165) is 5.56 Å². The van der Waals surface area contributed by atoms with Crippen molar-refractivity contribution < 1.29 is 9.66 Å². The molecule has 0 N–H and O–H groups in total. The van der Waals surface area contributed by atoms with Gasteiger partial charge in [0.1, 0.15) is 12.4 Å². The molecule has 2 aromatic rings. The molecule has 2 rings (SSSR count). The summed E-state index contributed by atoms with van der Waals surface area (Å²) in [5.41, 5.74) is 1.32. The highest BCUT2D eigenvalue weighted by atomic mass is 35.5. The molecule has 0 aliphatic rings. The number of nitro groups is 1. The summed E-state index contributed by atoms with van der Waals surface area (Å²) >= 11 is 5.92. The van der Waals surface area contributed by atoms with Crippen molar-refractivity contribution in [2.45, 2.75) is 6.61 Å². The van der Waals surface area contributed by atoms with Crippen molar-refractivity contribution in [2.24, 2.45) is 0 Å². The third-order valence-corrected chi connectivity index (χ3v) is 2.92. The number of nitro benzene ring substituents is 1. The monoisotopic (exact) mass is 288 g/mol. The third kappa shape index (κ3) is 3.25. The number of nitrogens with zero attached hydrogens (tertiary/aromatic N) is 2. The van der Waals surface area contributed by atoms with Gasteiger partial charge < -0.3 is 4.74 Å². The lowest BCUT2D eigenvalue weighted by Gasteiger charge is -2.08. The molecule has 0 fully saturated rings. The largest absolute Gasteiger partial charge is 0.487 e. The van der Waals surface area contributed by atoms with Gasteiger partial charge in [0.2, 0.25) is 0 Å². The van der Waals surface area contributed by atoms with Crippen LogP contribution >= 0.6 is 11.6 Å². The van der Waals surface area contributed by atoms with Crippen LogP contribution in [0.15, 0.2) is 42.5 Å². The van der Waals surface area contributed by atoms with E-state index >= 15 is 0 Å². The quantitative estimate of drug-likeness (QED) is 0.635. The van der Waals surface area contributed by atoms with E-state index in [2.05, 4.69) is 0 Å². The van der Waals surface area contributed by atoms with Gasteiger partial charge in [-0.05, 0) is 23.8 Å². The van der Waals surface area contributed by atoms with Crippen molar-refractivity contribution in [3.05, 3.63) is 68.7 Å². The van der Waals surface area contributed by atoms with Gasteiger partial charge in [-0.25, -0.2) is 0 Å². The van der Waals surface area contributed by atoms with Gasteiger partial charge in [0.05, 0.1) is 27.6 Å². The van der Waals surface area contributed by atoms with Crippen molar-refractivity contribution in [1.82, 2.24) is 0 Å². The fourth-order valence-electron chi connectivity index (χ4n) is 1.55. The van der Waals surface area contributed by atoms with Gasteiger partial charge in [-0.3, -0.25) is 10.1 Å². The minimum atomic E-state index is -0.509. The van der Waals surface area contributed by atoms with Crippen LogP contribution in [0.1, 0.15) is 11.1 Å². The lowest BCUT2D eigenvalue weighted by Crippen LogP contribution is -1.97. The second-order valence-electron chi connectivity index (χ2n) is 3.97. The van der Waals surface area contributed by atoms with E-state index in [-0.39, 0.29) is 18.0 Å². The Morgan fingerprint density at radius 1 is 1.25 bits per heavy atom. The maximum absolute atomic E-state index is 10.7. The maximum atomic E-state index is 10.7. The minimum absolute atomic E-state index is 0.0794. The van der Waals surface area contributed by atoms with E-state index in [9.17, 15) is 10.1 Å². The van der Waals surface area contributed by atoms with Crippen LogP contribution in [-0.2, 0) is 6.61 Å². The molecule has 5 nitrogen and oxygen atoms in total. The number of rotatable bonds is 4. The standard InChI is InChI=1S/C14H9ClN2O3/c15-13-6-5-12(17(18)19)7-14(13)20-9-11-3-1-10(8-16)2-4-11/h1-7H,9H2. The van der Waals surface area contributed by atoms with Gasteiger partial charge in [-0.15, -0.1) is 0 Å². The van der Waals surface area contributed by atoms with Gasteiger partial charge >= 0.3 is 0 Å². The van der Waals surface area contributed by atoms with Crippen molar-refractivity contribution in [3.63, 3.8) is 0 Å². The topological polar surface area (TPSA) is 76.2 Å². The number of halogens is 1. The molecule has 0 bridgehead atoms. The van der Waals surface area contributed by atoms with Crippen LogP contribution in [0.5, 0.6) is 5.75 Å². The predicted molar refractivity (Wildman–Crippen MR) is 73.6 cm³/mol. The summed E-state index contributed by atoms with van der Waals surface area (Å²) in [4.78, 5) is 10.2. The minimum Gasteiger partial charge on any atom is -0.487 e. The molecule has 6 heteroatoms. The number of hydrogen-bond acceptors (Lipinski definition) is 4. The first-order valence-corrected chi connectivity index (χ1v) is 6.04. The van der Waals surface area contributed by atoms with E-state index in [1.165, 1.54) is 18.2 Å². The van der Waals surface area contributed by atoms with Crippen LogP contribution in [0.2, 0.25) is 5.02 Å². The smallest absolute Gasteiger partial charge is 0.273 e. The summed E-state index contributed by atoms with van der Waals surface area (Å²) in [5.74, 6) is 0.255. The van der Waals surface area contributed by atoms with Crippen molar-refractivity contribution >= 4 is 17.3 Å². The van der Waals surface area contributed by atoms with Gasteiger partial charge in [0, 0.05) is 6.07 Å². The first-order valence-electron chi connectivity index (χ1n) is 5.66. The number of non-ortho nitro benzene ring substituents is 1. The molecule has 0 atom stereocenters. The second-order valence-corrected chi connectivity index (χ2v) is 4.38. The van der Waals surface area contributed by atoms with E-state index < -0.39 is 4.92 Å². The zero-order chi connectivity index (χ0) is 14.5. The van der Waals surface area contributed by atoms with Crippen LogP contribution < -0.4 is 4.74 Å². The molecule has 0 aliphatic carbocycles. The fourth-order valence-corrected chi connectivity index (χ4v) is 1.72. The molecular formula is C14H9ClN2O3. The molecule has 0 heterocycles. The van der Waals surface area contributed by atoms with E-state index in [1.54, 1.807) is 24.3 Å². The fraction of sp³-hybridized carbons (Fsp3) is 0.0714. The van der Waals surface area contributed by atoms with Gasteiger partial charge in [0.25, 0.3) is 5.69 Å². The zero-order valence-corrected chi connectivity index (χ0v) is 11.0. The van der Waals surface area contributed by atoms with Crippen molar-refractivity contribution in [3.8, 4) is 11.8 Å². The summed E-state index contributed by atoms with van der Waals surface area (Å²) in [7, 11) is 0. The second kappa shape index (κ2) is 6.04. The Kier molecular flexibility index (Phi) is 4.18. The first kappa shape index (κ1) is 13.8. The lowest BCUT2D eigenvalue weighted by atomic mass is 10.1. The number of nitriles is 1. The Labute approximate surface area is 120 Å². The first-order chi connectivity index (χ1) is 9.60. The molecule has 20 heavy (non-hydrogen) atoms. The molecule has 0 amide bonds. The number of ether oxygens (including phenoxy) is 1. The number of hydrogen-bond donors (Lipinski definition) is 0. The summed E-state index contributed by atoms with van der Waals surface area (Å²) in [6, 6.07) is 12.9. The molecule has 0 aliphatic heterocycles. The van der Waals surface area contributed by atoms with Crippen LogP contribution in [0, 0.1) is 21.4 Å². The Balaban J connectivity index is 2.12. The highest BCUT2D eigenvalue weighted by molar-refractivity contribution is 6.32. The van der Waals surface area contributed by atoms with Crippen molar-refractivity contribution in [2.75, 3.05) is 0 Å². The highest BCUT2D eigenvalue weighted by Crippen LogP contribution is 2.29. The Hall–Kier alpha value is -2.58. The van der Waals surface area contributed by atoms with Crippen LogP contribution in [0.4, 0.5) is 5.69 Å². The molecular weight excluding hydrogens is 280 g/mol. The third-order valence-electron chi connectivity index (χ3n) is 2.60. The normalized spacial score (nSPS) is 9.80. The molecule has 0 radical (unpaired) electrons. The molecule has 0 spiro atoms. The molecule has 0 saturated heterocycles. The van der Waals surface area contributed by atoms with Gasteiger partial charge in [-0.1, -0.05) is 23.7 Å². The van der Waals surface area contributed by atoms with Gasteiger partial charge in [0.15, 0.2) is 0 Å². The molecule has 0 saturated carbocycles. The average molecular weight is 289 g/mol. The predicted octanol–water partition coefficient (Wildman–Crippen LogP) is 3.70. The van der Waals surface area contributed by atoms with Crippen molar-refractivity contribution in [1.29, 1.82) is 5.26 Å². The number of benzene rings is 2. The van der Waals surface area contributed by atoms with E-state index in [4.69, 9.17) is 21.6 Å². The summed E-state index contributed by atoms with van der Waals surface area (Å²) < 4.78 is 5.47. The van der Waals surface area contributed by atoms with E-state index in [1.807, 2.05) is 6.07 Å². The summed E-state index contributed by atoms with van der Waals surface area (Å²) in [5, 5.41) is 19.7. The Morgan fingerprint density at radius 3 is 2.55 bits per heavy atom. The Bertz CT molecular complexity index is 678. The SMILES string of the molecule is N#Cc1ccc(COc2cc([N+](=O)[O-])ccc2Cl)cc1.